The van der Waals surface area contributed by atoms with Gasteiger partial charge in [-0.05, 0) is 18.1 Å². The van der Waals surface area contributed by atoms with Gasteiger partial charge in [0, 0.05) is 23.6 Å². The number of nitrogens with one attached hydrogen (secondary N) is 2. The number of aromatic nitrogens is 1. The van der Waals surface area contributed by atoms with Gasteiger partial charge in [0.15, 0.2) is 6.61 Å². The van der Waals surface area contributed by atoms with E-state index in [4.69, 9.17) is 0 Å². The second-order valence-electron chi connectivity index (χ2n) is 4.23. The van der Waals surface area contributed by atoms with Crippen LogP contribution in [0.25, 0.3) is 10.9 Å². The molecule has 1 heterocycles. The molecule has 0 atom stereocenters. The number of fused-ring (bicyclic) bond motifs is 1. The first-order valence-corrected chi connectivity index (χ1v) is 5.98. The predicted octanol–water partition coefficient (Wildman–Crippen LogP) is 3.00. The lowest BCUT2D eigenvalue weighted by Crippen LogP contribution is -2.30. The van der Waals surface area contributed by atoms with Crippen LogP contribution in [-0.2, 0) is 11.2 Å². The van der Waals surface area contributed by atoms with Gasteiger partial charge >= 0.3 is 12.3 Å². The summed E-state index contributed by atoms with van der Waals surface area (Å²) in [5.74, 6) is 0. The van der Waals surface area contributed by atoms with Crippen molar-refractivity contribution in [1.29, 1.82) is 0 Å². The lowest BCUT2D eigenvalue weighted by Gasteiger charge is -2.08. The standard InChI is InChI=1S/C13H13F3N2O2/c14-13(15,16)8-20-12(19)17-6-5-9-7-18-11-4-2-1-3-10(9)11/h1-4,7,18H,5-6,8H2,(H,17,19). The van der Waals surface area contributed by atoms with Gasteiger partial charge in [0.1, 0.15) is 0 Å². The number of carbonyl (C=O) groups excluding carboxylic acids is 1. The fourth-order valence-electron chi connectivity index (χ4n) is 1.84. The Balaban J connectivity index is 1.80. The van der Waals surface area contributed by atoms with Crippen molar-refractivity contribution in [3.63, 3.8) is 0 Å². The van der Waals surface area contributed by atoms with E-state index in [0.717, 1.165) is 16.5 Å². The molecular formula is C13H13F3N2O2. The normalized spacial score (nSPS) is 11.6. The number of hydrogen-bond donors (Lipinski definition) is 2. The number of para-hydroxylation sites is 1. The van der Waals surface area contributed by atoms with E-state index in [9.17, 15) is 18.0 Å². The molecular weight excluding hydrogens is 273 g/mol. The van der Waals surface area contributed by atoms with Crippen molar-refractivity contribution in [3.8, 4) is 0 Å². The first kappa shape index (κ1) is 14.2. The van der Waals surface area contributed by atoms with Crippen LogP contribution in [0, 0.1) is 0 Å². The molecule has 0 radical (unpaired) electrons. The molecule has 1 aromatic heterocycles. The number of halogens is 3. The minimum Gasteiger partial charge on any atom is -0.440 e. The maximum Gasteiger partial charge on any atom is 0.422 e. The summed E-state index contributed by atoms with van der Waals surface area (Å²) < 4.78 is 39.5. The fraction of sp³-hybridized carbons (Fsp3) is 0.308. The van der Waals surface area contributed by atoms with Gasteiger partial charge in [-0.1, -0.05) is 18.2 Å². The number of aromatic amines is 1. The maximum atomic E-state index is 11.8. The Morgan fingerprint density at radius 2 is 2.05 bits per heavy atom. The Labute approximate surface area is 112 Å². The molecule has 0 bridgehead atoms. The van der Waals surface area contributed by atoms with Crippen LogP contribution in [0.5, 0.6) is 0 Å². The van der Waals surface area contributed by atoms with Crippen LogP contribution in [0.3, 0.4) is 0 Å². The first-order chi connectivity index (χ1) is 9.46. The van der Waals surface area contributed by atoms with Gasteiger partial charge in [0.2, 0.25) is 0 Å². The minimum atomic E-state index is -4.51. The summed E-state index contributed by atoms with van der Waals surface area (Å²) >= 11 is 0. The van der Waals surface area contributed by atoms with Crippen LogP contribution < -0.4 is 5.32 Å². The molecule has 20 heavy (non-hydrogen) atoms. The van der Waals surface area contributed by atoms with Crippen LogP contribution in [-0.4, -0.2) is 30.4 Å². The Bertz CT molecular complexity index is 593. The number of carbonyl (C=O) groups is 1. The Kier molecular flexibility index (Phi) is 4.16. The summed E-state index contributed by atoms with van der Waals surface area (Å²) in [5.41, 5.74) is 1.96. The highest BCUT2D eigenvalue weighted by molar-refractivity contribution is 5.83. The number of benzene rings is 1. The van der Waals surface area contributed by atoms with Crippen LogP contribution >= 0.6 is 0 Å². The molecule has 2 rings (SSSR count). The summed E-state index contributed by atoms with van der Waals surface area (Å²) in [6.45, 7) is -1.37. The lowest BCUT2D eigenvalue weighted by atomic mass is 10.1. The third kappa shape index (κ3) is 3.91. The quantitative estimate of drug-likeness (QED) is 0.907. The van der Waals surface area contributed by atoms with E-state index in [1.165, 1.54) is 0 Å². The molecule has 0 saturated heterocycles. The van der Waals surface area contributed by atoms with Gasteiger partial charge < -0.3 is 15.0 Å². The number of rotatable bonds is 4. The predicted molar refractivity (Wildman–Crippen MR) is 67.4 cm³/mol. The van der Waals surface area contributed by atoms with Crippen molar-refractivity contribution >= 4 is 17.0 Å². The largest absolute Gasteiger partial charge is 0.440 e. The summed E-state index contributed by atoms with van der Waals surface area (Å²) in [4.78, 5) is 14.1. The van der Waals surface area contributed by atoms with Gasteiger partial charge in [-0.2, -0.15) is 13.2 Å². The maximum absolute atomic E-state index is 11.8. The second kappa shape index (κ2) is 5.85. The number of alkyl halides is 3. The average molecular weight is 286 g/mol. The lowest BCUT2D eigenvalue weighted by molar-refractivity contribution is -0.160. The number of alkyl carbamates (subject to hydrolysis) is 1. The van der Waals surface area contributed by atoms with E-state index in [-0.39, 0.29) is 6.54 Å². The summed E-state index contributed by atoms with van der Waals surface area (Å²) in [6.07, 6.45) is -3.26. The summed E-state index contributed by atoms with van der Waals surface area (Å²) in [5, 5.41) is 3.31. The van der Waals surface area contributed by atoms with Gasteiger partial charge in [-0.15, -0.1) is 0 Å². The molecule has 0 aliphatic rings. The summed E-state index contributed by atoms with van der Waals surface area (Å²) in [6, 6.07) is 7.65. The molecule has 0 fully saturated rings. The Hall–Kier alpha value is -2.18. The molecule has 108 valence electrons. The number of hydrogen-bond acceptors (Lipinski definition) is 2. The van der Waals surface area contributed by atoms with E-state index >= 15 is 0 Å². The van der Waals surface area contributed by atoms with E-state index in [0.29, 0.717) is 6.42 Å². The molecule has 1 amide bonds. The monoisotopic (exact) mass is 286 g/mol. The number of ether oxygens (including phenoxy) is 1. The molecule has 0 aliphatic carbocycles. The van der Waals surface area contributed by atoms with Gasteiger partial charge in [0.25, 0.3) is 0 Å². The molecule has 1 aromatic carbocycles. The molecule has 0 aliphatic heterocycles. The van der Waals surface area contributed by atoms with Crippen LogP contribution in [0.15, 0.2) is 30.5 Å². The molecule has 0 spiro atoms. The topological polar surface area (TPSA) is 54.1 Å². The van der Waals surface area contributed by atoms with Gasteiger partial charge in [-0.25, -0.2) is 4.79 Å². The second-order valence-corrected chi connectivity index (χ2v) is 4.23. The summed E-state index contributed by atoms with van der Waals surface area (Å²) in [7, 11) is 0. The molecule has 4 nitrogen and oxygen atoms in total. The molecule has 2 aromatic rings. The van der Waals surface area contributed by atoms with Crippen molar-refractivity contribution in [1.82, 2.24) is 10.3 Å². The highest BCUT2D eigenvalue weighted by Crippen LogP contribution is 2.17. The molecule has 0 unspecified atom stereocenters. The SMILES string of the molecule is O=C(NCCc1c[nH]c2ccccc12)OCC(F)(F)F. The molecule has 7 heteroatoms. The van der Waals surface area contributed by atoms with Crippen molar-refractivity contribution < 1.29 is 22.7 Å². The highest BCUT2D eigenvalue weighted by Gasteiger charge is 2.29. The van der Waals surface area contributed by atoms with Crippen molar-refractivity contribution in [2.75, 3.05) is 13.2 Å². The van der Waals surface area contributed by atoms with Gasteiger partial charge in [0.05, 0.1) is 0 Å². The van der Waals surface area contributed by atoms with E-state index in [2.05, 4.69) is 15.0 Å². The molecule has 2 N–H and O–H groups in total. The zero-order valence-corrected chi connectivity index (χ0v) is 10.5. The van der Waals surface area contributed by atoms with E-state index in [1.807, 2.05) is 30.5 Å². The first-order valence-electron chi connectivity index (χ1n) is 5.98. The number of amides is 1. The van der Waals surface area contributed by atoms with Crippen molar-refractivity contribution in [2.24, 2.45) is 0 Å². The molecule has 0 saturated carbocycles. The van der Waals surface area contributed by atoms with Crippen LogP contribution in [0.1, 0.15) is 5.56 Å². The Morgan fingerprint density at radius 1 is 1.30 bits per heavy atom. The highest BCUT2D eigenvalue weighted by atomic mass is 19.4. The van der Waals surface area contributed by atoms with Gasteiger partial charge in [-0.3, -0.25) is 0 Å². The smallest absolute Gasteiger partial charge is 0.422 e. The van der Waals surface area contributed by atoms with Crippen LogP contribution in [0.4, 0.5) is 18.0 Å². The average Bonchev–Trinajstić information content (AvgIpc) is 2.79. The Morgan fingerprint density at radius 3 is 2.80 bits per heavy atom. The van der Waals surface area contributed by atoms with E-state index in [1.54, 1.807) is 0 Å². The zero-order chi connectivity index (χ0) is 14.6. The minimum absolute atomic E-state index is 0.207. The van der Waals surface area contributed by atoms with Crippen molar-refractivity contribution in [3.05, 3.63) is 36.0 Å². The fourth-order valence-corrected chi connectivity index (χ4v) is 1.84. The zero-order valence-electron chi connectivity index (χ0n) is 10.5. The van der Waals surface area contributed by atoms with Crippen LogP contribution in [0.2, 0.25) is 0 Å². The van der Waals surface area contributed by atoms with E-state index < -0.39 is 18.9 Å². The number of H-pyrrole nitrogens is 1. The van der Waals surface area contributed by atoms with Crippen molar-refractivity contribution in [2.45, 2.75) is 12.6 Å². The third-order valence-corrected chi connectivity index (χ3v) is 2.71. The third-order valence-electron chi connectivity index (χ3n) is 2.71.